The van der Waals surface area contributed by atoms with E-state index in [0.717, 1.165) is 24.1 Å². The summed E-state index contributed by atoms with van der Waals surface area (Å²) < 4.78 is 22.8. The molecule has 0 spiro atoms. The van der Waals surface area contributed by atoms with E-state index in [2.05, 4.69) is 22.8 Å². The molecule has 0 unspecified atom stereocenters. The van der Waals surface area contributed by atoms with Gasteiger partial charge in [-0.1, -0.05) is 70.2 Å². The molecule has 220 valence electrons. The molecule has 3 aromatic rings. The van der Waals surface area contributed by atoms with Crippen molar-refractivity contribution in [1.29, 1.82) is 0 Å². The van der Waals surface area contributed by atoms with Crippen LogP contribution >= 0.6 is 11.8 Å². The summed E-state index contributed by atoms with van der Waals surface area (Å²) in [4.78, 5) is 26.0. The van der Waals surface area contributed by atoms with Gasteiger partial charge in [0.05, 0.1) is 17.1 Å². The summed E-state index contributed by atoms with van der Waals surface area (Å²) >= 11 is 1.52. The number of aliphatic carboxylic acids is 1. The molecule has 8 nitrogen and oxygen atoms in total. The molecule has 2 heterocycles. The largest absolute Gasteiger partial charge is 0.480 e. The molecule has 1 fully saturated rings. The van der Waals surface area contributed by atoms with Crippen molar-refractivity contribution in [3.63, 3.8) is 0 Å². The number of carbonyl (C=O) groups is 2. The lowest BCUT2D eigenvalue weighted by molar-refractivity contribution is -0.139. The first-order valence-electron chi connectivity index (χ1n) is 13.8. The van der Waals surface area contributed by atoms with Crippen molar-refractivity contribution in [2.75, 3.05) is 28.8 Å². The summed E-state index contributed by atoms with van der Waals surface area (Å²) in [5.74, 6) is -0.896. The Morgan fingerprint density at radius 1 is 1.07 bits per heavy atom. The standard InChI is InChI=1S/C32H35N3O5S2/c1-41-20-18-30(32(37)38)34-31(36)28-17-16-26(21-29(28)24-11-5-2-6-12-24)35(22-25-13-7-4-10-19-33-25)42(39,23-40-42)27-14-8-3-9-15-27/h2-3,5-6,8-17,19,21,30,33H,4,7,18,20,22-23H2,1H3,(H,34,36)(H,37,38)/t30-/m0/s1. The maximum absolute atomic E-state index is 15.0. The number of benzene rings is 3. The Hall–Kier alpha value is -3.86. The highest BCUT2D eigenvalue weighted by Gasteiger charge is 2.54. The van der Waals surface area contributed by atoms with Crippen LogP contribution in [0.2, 0.25) is 0 Å². The molecule has 3 aromatic carbocycles. The minimum absolute atomic E-state index is 0.0585. The third-order valence-electron chi connectivity index (χ3n) is 7.35. The molecule has 2 aliphatic heterocycles. The molecule has 5 rings (SSSR count). The normalized spacial score (nSPS) is 18.2. The molecule has 42 heavy (non-hydrogen) atoms. The number of anilines is 1. The Morgan fingerprint density at radius 2 is 1.79 bits per heavy atom. The van der Waals surface area contributed by atoms with E-state index >= 15 is 4.21 Å². The van der Waals surface area contributed by atoms with Crippen LogP contribution in [0.4, 0.5) is 5.69 Å². The van der Waals surface area contributed by atoms with Crippen molar-refractivity contribution >= 4 is 38.9 Å². The lowest BCUT2D eigenvalue weighted by Crippen LogP contribution is -2.43. The lowest BCUT2D eigenvalue weighted by Gasteiger charge is -2.41. The van der Waals surface area contributed by atoms with Crippen molar-refractivity contribution in [2.24, 2.45) is 0 Å². The van der Waals surface area contributed by atoms with Gasteiger partial charge >= 0.3 is 5.97 Å². The predicted molar refractivity (Wildman–Crippen MR) is 170 cm³/mol. The highest BCUT2D eigenvalue weighted by molar-refractivity contribution is 8.21. The van der Waals surface area contributed by atoms with Gasteiger partial charge in [-0.15, -0.1) is 0 Å². The second-order valence-electron chi connectivity index (χ2n) is 10.2. The Balaban J connectivity index is 1.61. The van der Waals surface area contributed by atoms with Crippen LogP contribution in [0.15, 0.2) is 108 Å². The monoisotopic (exact) mass is 605 g/mol. The van der Waals surface area contributed by atoms with Crippen LogP contribution < -0.4 is 14.9 Å². The first-order valence-corrected chi connectivity index (χ1v) is 17.2. The second kappa shape index (κ2) is 12.6. The number of carbonyl (C=O) groups excluding carboxylic acids is 1. The van der Waals surface area contributed by atoms with Crippen molar-refractivity contribution < 1.29 is 23.1 Å². The maximum Gasteiger partial charge on any atom is 0.326 e. The van der Waals surface area contributed by atoms with Gasteiger partial charge in [0, 0.05) is 11.3 Å². The Labute approximate surface area is 250 Å². The topological polar surface area (TPSA) is 111 Å². The Kier molecular flexibility index (Phi) is 8.86. The molecule has 0 saturated carbocycles. The van der Waals surface area contributed by atoms with E-state index in [1.807, 2.05) is 83.5 Å². The predicted octanol–water partition coefficient (Wildman–Crippen LogP) is 5.57. The van der Waals surface area contributed by atoms with E-state index in [-0.39, 0.29) is 5.94 Å². The minimum Gasteiger partial charge on any atom is -0.480 e. The molecule has 10 heteroatoms. The summed E-state index contributed by atoms with van der Waals surface area (Å²) in [6.07, 6.45) is 10.0. The lowest BCUT2D eigenvalue weighted by atomic mass is 9.98. The number of rotatable bonds is 12. The van der Waals surface area contributed by atoms with E-state index in [4.69, 9.17) is 4.18 Å². The molecular weight excluding hydrogens is 571 g/mol. The maximum atomic E-state index is 15.0. The van der Waals surface area contributed by atoms with Gasteiger partial charge in [0.25, 0.3) is 5.91 Å². The van der Waals surface area contributed by atoms with Crippen molar-refractivity contribution in [2.45, 2.75) is 30.2 Å². The molecule has 0 aliphatic carbocycles. The SMILES string of the molecule is CSCC[C@H](NC(=O)c1ccc(N(CC2=CCCC=CN2)S2(=O)(c3ccccc3)CO2)cc1-c1ccccc1)C(=O)O. The molecule has 2 aliphatic rings. The fraction of sp³-hybridized carbons (Fsp3) is 0.250. The van der Waals surface area contributed by atoms with E-state index in [1.165, 1.54) is 11.8 Å². The van der Waals surface area contributed by atoms with Gasteiger partial charge in [0.15, 0.2) is 5.94 Å². The molecule has 1 saturated heterocycles. The van der Waals surface area contributed by atoms with Crippen molar-refractivity contribution in [3.8, 4) is 11.1 Å². The Bertz CT molecular complexity index is 1570. The average Bonchev–Trinajstić information content (AvgIpc) is 3.79. The van der Waals surface area contributed by atoms with Gasteiger partial charge in [-0.3, -0.25) is 9.10 Å². The third kappa shape index (κ3) is 6.16. The van der Waals surface area contributed by atoms with Crippen LogP contribution in [0.3, 0.4) is 0 Å². The molecule has 0 bridgehead atoms. The molecular formula is C32H35N3O5S2. The summed E-state index contributed by atoms with van der Waals surface area (Å²) in [5.41, 5.74) is 3.22. The zero-order valence-electron chi connectivity index (χ0n) is 23.4. The first kappa shape index (κ1) is 29.6. The third-order valence-corrected chi connectivity index (χ3v) is 11.3. The van der Waals surface area contributed by atoms with Crippen LogP contribution in [-0.4, -0.2) is 51.7 Å². The molecule has 0 aromatic heterocycles. The van der Waals surface area contributed by atoms with Gasteiger partial charge in [0.2, 0.25) is 0 Å². The zero-order chi connectivity index (χ0) is 29.6. The highest BCUT2D eigenvalue weighted by Crippen LogP contribution is 2.54. The molecule has 1 atom stereocenters. The summed E-state index contributed by atoms with van der Waals surface area (Å²) in [6, 6.07) is 22.9. The summed E-state index contributed by atoms with van der Waals surface area (Å²) in [6.45, 7) is 0.292. The molecule has 0 radical (unpaired) electrons. The van der Waals surface area contributed by atoms with Crippen LogP contribution in [0.25, 0.3) is 11.1 Å². The number of carboxylic acid groups (broad SMARTS) is 1. The van der Waals surface area contributed by atoms with Crippen molar-refractivity contribution in [1.82, 2.24) is 10.6 Å². The van der Waals surface area contributed by atoms with Gasteiger partial charge in [0.1, 0.15) is 6.04 Å². The van der Waals surface area contributed by atoms with E-state index in [9.17, 15) is 14.7 Å². The van der Waals surface area contributed by atoms with E-state index < -0.39 is 27.5 Å². The van der Waals surface area contributed by atoms with Gasteiger partial charge in [-0.2, -0.15) is 16.0 Å². The highest BCUT2D eigenvalue weighted by atomic mass is 32.3. The summed E-state index contributed by atoms with van der Waals surface area (Å²) in [5, 5.41) is 15.7. The van der Waals surface area contributed by atoms with Crippen LogP contribution in [0.1, 0.15) is 29.6 Å². The minimum atomic E-state index is -3.91. The zero-order valence-corrected chi connectivity index (χ0v) is 25.0. The second-order valence-corrected chi connectivity index (χ2v) is 14.5. The fourth-order valence-electron chi connectivity index (χ4n) is 4.98. The van der Waals surface area contributed by atoms with Gasteiger partial charge < -0.3 is 15.7 Å². The number of allylic oxidation sites excluding steroid dienone is 2. The number of nitrogens with one attached hydrogen (secondary N) is 2. The number of amides is 1. The quantitative estimate of drug-likeness (QED) is 0.231. The van der Waals surface area contributed by atoms with Crippen LogP contribution in [-0.2, 0) is 18.5 Å². The summed E-state index contributed by atoms with van der Waals surface area (Å²) in [7, 11) is -3.91. The van der Waals surface area contributed by atoms with Crippen molar-refractivity contribution in [3.05, 3.63) is 108 Å². The Morgan fingerprint density at radius 3 is 2.45 bits per heavy atom. The smallest absolute Gasteiger partial charge is 0.326 e. The number of thioether (sulfide) groups is 1. The van der Waals surface area contributed by atoms with Gasteiger partial charge in [-0.05, 0) is 78.9 Å². The number of hydrogen-bond acceptors (Lipinski definition) is 6. The van der Waals surface area contributed by atoms with Crippen LogP contribution in [0, 0.1) is 0 Å². The van der Waals surface area contributed by atoms with Gasteiger partial charge in [-0.25, -0.2) is 8.98 Å². The first-order chi connectivity index (χ1) is 20.3. The van der Waals surface area contributed by atoms with E-state index in [1.54, 1.807) is 12.1 Å². The number of nitrogens with zero attached hydrogens (tertiary/aromatic N) is 1. The number of carboxylic acids is 1. The van der Waals surface area contributed by atoms with Crippen LogP contribution in [0.5, 0.6) is 0 Å². The number of hydrogen-bond donors (Lipinski definition) is 3. The fourth-order valence-corrected chi connectivity index (χ4v) is 8.39. The molecule has 3 N–H and O–H groups in total. The molecule has 1 amide bonds. The van der Waals surface area contributed by atoms with E-state index in [0.29, 0.717) is 40.4 Å². The average molecular weight is 606 g/mol.